The Morgan fingerprint density at radius 3 is 2.29 bits per heavy atom. The minimum absolute atomic E-state index is 0.00312. The summed E-state index contributed by atoms with van der Waals surface area (Å²) in [7, 11) is -3.04. The molecule has 2 aliphatic heterocycles. The zero-order valence-electron chi connectivity index (χ0n) is 13.0. The average molecular weight is 343 g/mol. The number of hydrogen-bond acceptors (Lipinski definition) is 4. The number of sulfone groups is 1. The second-order valence-electron chi connectivity index (χ2n) is 6.28. The molecule has 4 rings (SSSR count). The van der Waals surface area contributed by atoms with Crippen LogP contribution in [-0.4, -0.2) is 31.9 Å². The zero-order valence-corrected chi connectivity index (χ0v) is 13.8. The average Bonchev–Trinajstić information content (AvgIpc) is 2.99. The molecule has 0 unspecified atom stereocenters. The van der Waals surface area contributed by atoms with Gasteiger partial charge in [-0.25, -0.2) is 8.42 Å². The maximum absolute atomic E-state index is 12.3. The smallest absolute Gasteiger partial charge is 0.227 e. The van der Waals surface area contributed by atoms with Gasteiger partial charge in [0.1, 0.15) is 11.5 Å². The predicted molar refractivity (Wildman–Crippen MR) is 91.0 cm³/mol. The van der Waals surface area contributed by atoms with Gasteiger partial charge in [0.05, 0.1) is 17.5 Å². The number of carbonyl (C=O) groups is 1. The largest absolute Gasteiger partial charge is 0.457 e. The van der Waals surface area contributed by atoms with Crippen molar-refractivity contribution in [1.82, 2.24) is 0 Å². The molecule has 24 heavy (non-hydrogen) atoms. The minimum Gasteiger partial charge on any atom is -0.457 e. The van der Waals surface area contributed by atoms with E-state index in [9.17, 15) is 13.2 Å². The van der Waals surface area contributed by atoms with Gasteiger partial charge in [-0.1, -0.05) is 18.2 Å². The fraction of sp³-hybridized carbons (Fsp3) is 0.278. The zero-order chi connectivity index (χ0) is 16.7. The highest BCUT2D eigenvalue weighted by Crippen LogP contribution is 2.37. The molecule has 2 aromatic rings. The Morgan fingerprint density at radius 2 is 1.58 bits per heavy atom. The van der Waals surface area contributed by atoms with E-state index in [1.165, 1.54) is 0 Å². The van der Waals surface area contributed by atoms with Gasteiger partial charge in [0.15, 0.2) is 9.84 Å². The number of para-hydroxylation sites is 1. The monoisotopic (exact) mass is 343 g/mol. The van der Waals surface area contributed by atoms with Crippen LogP contribution in [0.5, 0.6) is 11.5 Å². The molecule has 0 saturated carbocycles. The first-order valence-corrected chi connectivity index (χ1v) is 9.69. The van der Waals surface area contributed by atoms with Gasteiger partial charge in [-0.15, -0.1) is 0 Å². The van der Waals surface area contributed by atoms with Crippen LogP contribution in [-0.2, 0) is 14.6 Å². The molecule has 2 aromatic carbocycles. The maximum Gasteiger partial charge on any atom is 0.227 e. The van der Waals surface area contributed by atoms with Crippen LogP contribution in [0.2, 0.25) is 0 Å². The number of fused-ring (bicyclic) bond motifs is 1. The SMILES string of the molecule is O=C1C[C@@H]2CS(=O)(=O)C[C@H]2N1c1ccc(Oc2ccccc2)cc1. The number of benzene rings is 2. The van der Waals surface area contributed by atoms with Gasteiger partial charge in [-0.05, 0) is 36.4 Å². The van der Waals surface area contributed by atoms with Crippen LogP contribution in [0.3, 0.4) is 0 Å². The first-order valence-electron chi connectivity index (χ1n) is 7.87. The Morgan fingerprint density at radius 1 is 0.917 bits per heavy atom. The van der Waals surface area contributed by atoms with Crippen molar-refractivity contribution in [3.8, 4) is 11.5 Å². The highest BCUT2D eigenvalue weighted by molar-refractivity contribution is 7.91. The summed E-state index contributed by atoms with van der Waals surface area (Å²) in [5.74, 6) is 1.51. The van der Waals surface area contributed by atoms with E-state index in [0.717, 1.165) is 11.4 Å². The summed E-state index contributed by atoms with van der Waals surface area (Å²) in [5, 5.41) is 0. The predicted octanol–water partition coefficient (Wildman–Crippen LogP) is 2.63. The quantitative estimate of drug-likeness (QED) is 0.859. The van der Waals surface area contributed by atoms with E-state index in [1.807, 2.05) is 42.5 Å². The van der Waals surface area contributed by atoms with E-state index in [1.54, 1.807) is 17.0 Å². The number of hydrogen-bond donors (Lipinski definition) is 0. The number of anilines is 1. The lowest BCUT2D eigenvalue weighted by Crippen LogP contribution is -2.36. The van der Waals surface area contributed by atoms with Crippen LogP contribution in [0, 0.1) is 5.92 Å². The molecule has 2 heterocycles. The van der Waals surface area contributed by atoms with Gasteiger partial charge in [-0.3, -0.25) is 4.79 Å². The van der Waals surface area contributed by atoms with Crippen molar-refractivity contribution in [2.24, 2.45) is 5.92 Å². The fourth-order valence-electron chi connectivity index (χ4n) is 3.52. The molecule has 2 saturated heterocycles. The molecular formula is C18H17NO4S. The third-order valence-corrected chi connectivity index (χ3v) is 6.35. The van der Waals surface area contributed by atoms with Gasteiger partial charge in [0.25, 0.3) is 0 Å². The van der Waals surface area contributed by atoms with Gasteiger partial charge in [-0.2, -0.15) is 0 Å². The summed E-state index contributed by atoms with van der Waals surface area (Å²) in [6, 6.07) is 16.4. The third-order valence-electron chi connectivity index (χ3n) is 4.57. The van der Waals surface area contributed by atoms with E-state index in [2.05, 4.69) is 0 Å². The maximum atomic E-state index is 12.3. The number of rotatable bonds is 3. The van der Waals surface area contributed by atoms with Gasteiger partial charge in [0.2, 0.25) is 5.91 Å². The van der Waals surface area contributed by atoms with Crippen molar-refractivity contribution in [2.45, 2.75) is 12.5 Å². The highest BCUT2D eigenvalue weighted by Gasteiger charge is 2.49. The second kappa shape index (κ2) is 5.63. The molecule has 0 spiro atoms. The summed E-state index contributed by atoms with van der Waals surface area (Å²) in [5.41, 5.74) is 0.727. The van der Waals surface area contributed by atoms with Gasteiger partial charge in [0, 0.05) is 18.0 Å². The van der Waals surface area contributed by atoms with Crippen LogP contribution in [0.15, 0.2) is 54.6 Å². The van der Waals surface area contributed by atoms with Crippen LogP contribution >= 0.6 is 0 Å². The van der Waals surface area contributed by atoms with E-state index < -0.39 is 9.84 Å². The lowest BCUT2D eigenvalue weighted by molar-refractivity contribution is -0.117. The minimum atomic E-state index is -3.04. The number of nitrogens with zero attached hydrogens (tertiary/aromatic N) is 1. The van der Waals surface area contributed by atoms with Crippen molar-refractivity contribution in [2.75, 3.05) is 16.4 Å². The highest BCUT2D eigenvalue weighted by atomic mass is 32.2. The molecule has 0 aliphatic carbocycles. The molecule has 124 valence electrons. The standard InChI is InChI=1S/C18H17NO4S/c20-18-10-13-11-24(21,22)12-17(13)19(18)14-6-8-16(9-7-14)23-15-4-2-1-3-5-15/h1-9,13,17H,10-12H2/t13-,17-/m1/s1. The normalized spacial score (nSPS) is 24.8. The first-order chi connectivity index (χ1) is 11.5. The van der Waals surface area contributed by atoms with Crippen molar-refractivity contribution >= 4 is 21.4 Å². The van der Waals surface area contributed by atoms with E-state index in [4.69, 9.17) is 4.74 Å². The molecule has 2 atom stereocenters. The number of carbonyl (C=O) groups excluding carboxylic acids is 1. The molecule has 0 N–H and O–H groups in total. The number of amides is 1. The molecular weight excluding hydrogens is 326 g/mol. The van der Waals surface area contributed by atoms with Crippen LogP contribution < -0.4 is 9.64 Å². The van der Waals surface area contributed by atoms with Gasteiger partial charge < -0.3 is 9.64 Å². The van der Waals surface area contributed by atoms with Crippen molar-refractivity contribution in [3.63, 3.8) is 0 Å². The molecule has 5 nitrogen and oxygen atoms in total. The molecule has 0 bridgehead atoms. The van der Waals surface area contributed by atoms with Crippen molar-refractivity contribution in [1.29, 1.82) is 0 Å². The molecule has 2 aliphatic rings. The van der Waals surface area contributed by atoms with Gasteiger partial charge >= 0.3 is 0 Å². The summed E-state index contributed by atoms with van der Waals surface area (Å²) in [4.78, 5) is 13.9. The summed E-state index contributed by atoms with van der Waals surface area (Å²) < 4.78 is 29.4. The van der Waals surface area contributed by atoms with Crippen molar-refractivity contribution < 1.29 is 17.9 Å². The Bertz CT molecular complexity index is 862. The Balaban J connectivity index is 1.55. The van der Waals surface area contributed by atoms with E-state index >= 15 is 0 Å². The topological polar surface area (TPSA) is 63.7 Å². The molecule has 2 fully saturated rings. The molecule has 1 amide bonds. The molecule has 0 radical (unpaired) electrons. The third kappa shape index (κ3) is 2.78. The second-order valence-corrected chi connectivity index (χ2v) is 8.44. The Kier molecular flexibility index (Phi) is 3.57. The van der Waals surface area contributed by atoms with Crippen LogP contribution in [0.25, 0.3) is 0 Å². The lowest BCUT2D eigenvalue weighted by Gasteiger charge is -2.23. The summed E-state index contributed by atoms with van der Waals surface area (Å²) >= 11 is 0. The van der Waals surface area contributed by atoms with E-state index in [-0.39, 0.29) is 29.4 Å². The number of ether oxygens (including phenoxy) is 1. The van der Waals surface area contributed by atoms with Crippen LogP contribution in [0.1, 0.15) is 6.42 Å². The Labute approximate surface area is 140 Å². The fourth-order valence-corrected chi connectivity index (χ4v) is 5.59. The first kappa shape index (κ1) is 15.2. The lowest BCUT2D eigenvalue weighted by atomic mass is 10.0. The summed E-state index contributed by atoms with van der Waals surface area (Å²) in [6.45, 7) is 0. The molecule has 6 heteroatoms. The van der Waals surface area contributed by atoms with Crippen LogP contribution in [0.4, 0.5) is 5.69 Å². The summed E-state index contributed by atoms with van der Waals surface area (Å²) in [6.07, 6.45) is 0.312. The molecule has 0 aromatic heterocycles. The van der Waals surface area contributed by atoms with E-state index in [0.29, 0.717) is 12.2 Å². The Hall–Kier alpha value is -2.34. The van der Waals surface area contributed by atoms with Crippen molar-refractivity contribution in [3.05, 3.63) is 54.6 Å².